The maximum Gasteiger partial charge on any atom is 1.00 e. The second-order valence-electron chi connectivity index (χ2n) is 2.42. The van der Waals surface area contributed by atoms with E-state index in [1.54, 1.807) is 0 Å². The van der Waals surface area contributed by atoms with Gasteiger partial charge in [-0.05, 0) is 0 Å². The van der Waals surface area contributed by atoms with Crippen molar-refractivity contribution in [2.24, 2.45) is 0 Å². The third kappa shape index (κ3) is 16.5. The van der Waals surface area contributed by atoms with Crippen molar-refractivity contribution in [1.29, 1.82) is 0 Å². The molecule has 0 radical (unpaired) electrons. The molecule has 0 aliphatic rings. The molecule has 0 rings (SSSR count). The van der Waals surface area contributed by atoms with Crippen molar-refractivity contribution < 1.29 is 153 Å². The number of carboxylic acids is 3. The van der Waals surface area contributed by atoms with Gasteiger partial charge in [-0.25, -0.2) is 0 Å². The van der Waals surface area contributed by atoms with Crippen LogP contribution >= 0.6 is 0 Å². The fraction of sp³-hybridized carbons (Fsp3) is 0.500. The van der Waals surface area contributed by atoms with E-state index in [0.29, 0.717) is 0 Å². The van der Waals surface area contributed by atoms with Crippen molar-refractivity contribution in [3.8, 4) is 0 Å². The molecule has 0 aromatic rings. The minimum atomic E-state index is -2.97. The van der Waals surface area contributed by atoms with Crippen molar-refractivity contribution >= 4 is 26.3 Å². The monoisotopic (exact) mass is 296 g/mol. The quantitative estimate of drug-likeness (QED) is 0.496. The molecule has 0 amide bonds. The standard InChI is InChI=1S/C6H8O7.BH4.4Na/c7-3(8)1-6(13,5(11)12)2-4(9)10;;;;;/h13H,1-2H2,(H,7,8)(H,9,10)(H,11,12);1H4;;;;/q;-1;4*+1/p-3. The number of aliphatic hydroxyl groups is 1. The topological polar surface area (TPSA) is 141 Å². The first kappa shape index (κ1) is 37.0. The number of hydrogen-bond donors (Lipinski definition) is 1. The Hall–Kier alpha value is 2.43. The van der Waals surface area contributed by atoms with Gasteiger partial charge in [-0.3, -0.25) is 0 Å². The molecule has 0 unspecified atom stereocenters. The zero-order valence-corrected chi connectivity index (χ0v) is 18.3. The van der Waals surface area contributed by atoms with Gasteiger partial charge in [0.05, 0.1) is 5.97 Å². The molecule has 0 atom stereocenters. The zero-order valence-electron chi connectivity index (χ0n) is 10.3. The van der Waals surface area contributed by atoms with Crippen LogP contribution in [0.2, 0.25) is 0 Å². The molecule has 7 nitrogen and oxygen atoms in total. The molecule has 12 heteroatoms. The third-order valence-electron chi connectivity index (χ3n) is 1.25. The summed E-state index contributed by atoms with van der Waals surface area (Å²) in [4.78, 5) is 30.0. The van der Waals surface area contributed by atoms with Gasteiger partial charge in [-0.15, -0.1) is 0 Å². The van der Waals surface area contributed by atoms with Gasteiger partial charge in [0, 0.05) is 24.8 Å². The van der Waals surface area contributed by atoms with E-state index in [1.165, 1.54) is 0 Å². The van der Waals surface area contributed by atoms with Crippen molar-refractivity contribution in [2.75, 3.05) is 0 Å². The second kappa shape index (κ2) is 17.5. The summed E-state index contributed by atoms with van der Waals surface area (Å²) >= 11 is 0. The Morgan fingerprint density at radius 3 is 1.17 bits per heavy atom. The van der Waals surface area contributed by atoms with Crippen LogP contribution in [-0.2, 0) is 14.4 Å². The Kier molecular flexibility index (Phi) is 36.0. The smallest absolute Gasteiger partial charge is 0.550 e. The zero-order chi connectivity index (χ0) is 10.6. The number of aliphatic carboxylic acids is 3. The molecule has 0 saturated heterocycles. The van der Waals surface area contributed by atoms with Gasteiger partial charge in [0.15, 0.2) is 0 Å². The van der Waals surface area contributed by atoms with Crippen LogP contribution < -0.4 is 134 Å². The van der Waals surface area contributed by atoms with E-state index in [2.05, 4.69) is 0 Å². The van der Waals surface area contributed by atoms with Crippen LogP contribution in [0.3, 0.4) is 0 Å². The maximum absolute atomic E-state index is 10.1. The van der Waals surface area contributed by atoms with E-state index in [1.807, 2.05) is 0 Å². The van der Waals surface area contributed by atoms with Crippen molar-refractivity contribution in [1.82, 2.24) is 0 Å². The predicted molar refractivity (Wildman–Crippen MR) is 40.5 cm³/mol. The molecule has 0 aliphatic carbocycles. The number of hydrogen-bond acceptors (Lipinski definition) is 7. The van der Waals surface area contributed by atoms with Crippen LogP contribution in [0.15, 0.2) is 0 Å². The van der Waals surface area contributed by atoms with Crippen LogP contribution in [-0.4, -0.2) is 37.0 Å². The maximum atomic E-state index is 10.1. The summed E-state index contributed by atoms with van der Waals surface area (Å²) in [5.41, 5.74) is -2.97. The number of carbonyl (C=O) groups excluding carboxylic acids is 3. The number of rotatable bonds is 5. The molecule has 0 spiro atoms. The van der Waals surface area contributed by atoms with Crippen LogP contribution in [0.1, 0.15) is 12.8 Å². The molecular weight excluding hydrogens is 287 g/mol. The van der Waals surface area contributed by atoms with Crippen LogP contribution in [0.25, 0.3) is 0 Å². The summed E-state index contributed by atoms with van der Waals surface area (Å²) in [6.45, 7) is 0. The molecule has 0 aromatic carbocycles. The molecule has 0 saturated carbocycles. The summed E-state index contributed by atoms with van der Waals surface area (Å²) in [5.74, 6) is -5.98. The third-order valence-corrected chi connectivity index (χ3v) is 1.25. The molecule has 82 valence electrons. The van der Waals surface area contributed by atoms with Gasteiger partial charge >= 0.3 is 118 Å². The Morgan fingerprint density at radius 1 is 0.833 bits per heavy atom. The van der Waals surface area contributed by atoms with Gasteiger partial charge in [0.25, 0.3) is 0 Å². The Balaban J connectivity index is -0.0000000720. The molecule has 0 fully saturated rings. The van der Waals surface area contributed by atoms with Gasteiger partial charge in [0.2, 0.25) is 0 Å². The SMILES string of the molecule is O=C([O-])CC(O)(CC(=O)[O-])C(=O)[O-].[BH4-].[Na+].[Na+].[Na+].[Na+]. The Bertz CT molecular complexity index is 246. The summed E-state index contributed by atoms with van der Waals surface area (Å²) in [6, 6.07) is 0. The van der Waals surface area contributed by atoms with E-state index in [-0.39, 0.29) is 127 Å². The van der Waals surface area contributed by atoms with Crippen molar-refractivity contribution in [2.45, 2.75) is 18.4 Å². The molecule has 0 aliphatic heterocycles. The molecule has 18 heavy (non-hydrogen) atoms. The first-order valence-electron chi connectivity index (χ1n) is 3.11. The fourth-order valence-corrected chi connectivity index (χ4v) is 0.684. The van der Waals surface area contributed by atoms with Gasteiger partial charge in [0.1, 0.15) is 5.60 Å². The Labute approximate surface area is 194 Å². The van der Waals surface area contributed by atoms with Crippen LogP contribution in [0.4, 0.5) is 0 Å². The predicted octanol–water partition coefficient (Wildman–Crippen LogP) is -18.7. The van der Waals surface area contributed by atoms with E-state index >= 15 is 0 Å². The average Bonchev–Trinajstić information content (AvgIpc) is 1.82. The first-order valence-corrected chi connectivity index (χ1v) is 3.11. The molecule has 0 heterocycles. The van der Waals surface area contributed by atoms with E-state index in [0.717, 1.165) is 0 Å². The summed E-state index contributed by atoms with van der Waals surface area (Å²) in [7, 11) is 0. The normalized spacial score (nSPS) is 7.83. The van der Waals surface area contributed by atoms with Crippen LogP contribution in [0, 0.1) is 0 Å². The van der Waals surface area contributed by atoms with Gasteiger partial charge in [-0.2, -0.15) is 0 Å². The van der Waals surface area contributed by atoms with Gasteiger partial charge < -0.3 is 34.8 Å². The Morgan fingerprint density at radius 2 is 1.06 bits per heavy atom. The molecular formula is C6H9BNa4O7. The van der Waals surface area contributed by atoms with Crippen LogP contribution in [0.5, 0.6) is 0 Å². The van der Waals surface area contributed by atoms with Crippen molar-refractivity contribution in [3.63, 3.8) is 0 Å². The fourth-order valence-electron chi connectivity index (χ4n) is 0.684. The summed E-state index contributed by atoms with van der Waals surface area (Å²) < 4.78 is 0. The molecule has 0 aromatic heterocycles. The minimum Gasteiger partial charge on any atom is -0.550 e. The minimum absolute atomic E-state index is 0. The summed E-state index contributed by atoms with van der Waals surface area (Å²) in [6.07, 6.45) is -2.72. The molecule has 0 bridgehead atoms. The summed E-state index contributed by atoms with van der Waals surface area (Å²) in [5, 5.41) is 38.9. The largest absolute Gasteiger partial charge is 1.00 e. The van der Waals surface area contributed by atoms with E-state index in [4.69, 9.17) is 5.11 Å². The molecule has 1 N–H and O–H groups in total. The average molecular weight is 296 g/mol. The van der Waals surface area contributed by atoms with E-state index < -0.39 is 36.4 Å². The second-order valence-corrected chi connectivity index (χ2v) is 2.42. The van der Waals surface area contributed by atoms with Crippen molar-refractivity contribution in [3.05, 3.63) is 0 Å². The number of carbonyl (C=O) groups is 3. The first-order chi connectivity index (χ1) is 5.78. The number of carboxylic acid groups (broad SMARTS) is 3. The van der Waals surface area contributed by atoms with Gasteiger partial charge in [-0.1, -0.05) is 8.41 Å². The van der Waals surface area contributed by atoms with E-state index in [9.17, 15) is 29.7 Å².